The lowest BCUT2D eigenvalue weighted by molar-refractivity contribution is -0.124. The number of ether oxygens (including phenoxy) is 1. The first-order valence-electron chi connectivity index (χ1n) is 9.59. The molecule has 3 N–H and O–H groups in total. The number of hydroxylamine groups is 1. The van der Waals surface area contributed by atoms with Crippen molar-refractivity contribution in [1.82, 2.24) is 10.4 Å². The minimum Gasteiger partial charge on any atom is -0.492 e. The molecular formula is C22H25FN2O4. The van der Waals surface area contributed by atoms with E-state index in [9.17, 15) is 14.3 Å². The van der Waals surface area contributed by atoms with Crippen LogP contribution in [0.4, 0.5) is 4.39 Å². The highest BCUT2D eigenvalue weighted by atomic mass is 19.1. The summed E-state index contributed by atoms with van der Waals surface area (Å²) in [5.74, 6) is -0.416. The fourth-order valence-corrected chi connectivity index (χ4v) is 3.70. The first kappa shape index (κ1) is 21.0. The van der Waals surface area contributed by atoms with Crippen molar-refractivity contribution in [3.05, 3.63) is 71.0 Å². The first-order chi connectivity index (χ1) is 14.1. The molecule has 0 bridgehead atoms. The molecule has 7 heteroatoms. The monoisotopic (exact) mass is 400 g/mol. The number of hydrogen-bond acceptors (Lipinski definition) is 5. The first-order valence-corrected chi connectivity index (χ1v) is 9.59. The van der Waals surface area contributed by atoms with Crippen LogP contribution >= 0.6 is 0 Å². The molecule has 0 aromatic heterocycles. The molecule has 1 amide bonds. The molecule has 0 heterocycles. The highest BCUT2D eigenvalue weighted by Crippen LogP contribution is 2.36. The SMILES string of the molecule is O=C(/C=C/c1ccc2c(c1)CCC2N(CCO)CCOc1cccc(F)c1)NO. The lowest BCUT2D eigenvalue weighted by atomic mass is 10.0. The fraction of sp³-hybridized carbons (Fsp3) is 0.318. The number of aliphatic hydroxyl groups excluding tert-OH is 1. The van der Waals surface area contributed by atoms with Gasteiger partial charge in [0.25, 0.3) is 5.91 Å². The van der Waals surface area contributed by atoms with Crippen molar-refractivity contribution in [1.29, 1.82) is 0 Å². The summed E-state index contributed by atoms with van der Waals surface area (Å²) in [6.07, 6.45) is 4.76. The van der Waals surface area contributed by atoms with Gasteiger partial charge >= 0.3 is 0 Å². The lowest BCUT2D eigenvalue weighted by Gasteiger charge is -2.29. The topological polar surface area (TPSA) is 82.0 Å². The normalized spacial score (nSPS) is 15.7. The highest BCUT2D eigenvalue weighted by Gasteiger charge is 2.27. The summed E-state index contributed by atoms with van der Waals surface area (Å²) in [6.45, 7) is 1.57. The van der Waals surface area contributed by atoms with Crippen molar-refractivity contribution in [2.24, 2.45) is 0 Å². The summed E-state index contributed by atoms with van der Waals surface area (Å²) in [5, 5.41) is 18.1. The van der Waals surface area contributed by atoms with Gasteiger partial charge in [0.2, 0.25) is 0 Å². The maximum absolute atomic E-state index is 13.3. The summed E-state index contributed by atoms with van der Waals surface area (Å²) >= 11 is 0. The van der Waals surface area contributed by atoms with Crippen LogP contribution in [0, 0.1) is 5.82 Å². The minimum absolute atomic E-state index is 0.0445. The van der Waals surface area contributed by atoms with Crippen LogP contribution in [0.3, 0.4) is 0 Å². The number of aryl methyl sites for hydroxylation is 1. The fourth-order valence-electron chi connectivity index (χ4n) is 3.70. The van der Waals surface area contributed by atoms with Gasteiger partial charge in [-0.05, 0) is 47.7 Å². The minimum atomic E-state index is -0.573. The second-order valence-corrected chi connectivity index (χ2v) is 6.89. The Kier molecular flexibility index (Phi) is 7.35. The van der Waals surface area contributed by atoms with E-state index in [0.29, 0.717) is 25.4 Å². The molecule has 3 rings (SSSR count). The van der Waals surface area contributed by atoms with Crippen molar-refractivity contribution < 1.29 is 24.2 Å². The van der Waals surface area contributed by atoms with E-state index in [0.717, 1.165) is 18.4 Å². The number of carbonyl (C=O) groups excluding carboxylic acids is 1. The number of aliphatic hydroxyl groups is 1. The summed E-state index contributed by atoms with van der Waals surface area (Å²) < 4.78 is 18.9. The second kappa shape index (κ2) is 10.2. The number of carbonyl (C=O) groups is 1. The molecule has 0 aliphatic heterocycles. The Morgan fingerprint density at radius 1 is 1.28 bits per heavy atom. The molecule has 0 fully saturated rings. The molecule has 154 valence electrons. The van der Waals surface area contributed by atoms with E-state index in [1.807, 2.05) is 18.2 Å². The van der Waals surface area contributed by atoms with E-state index >= 15 is 0 Å². The average Bonchev–Trinajstić information content (AvgIpc) is 3.14. The van der Waals surface area contributed by atoms with Crippen LogP contribution in [0.15, 0.2) is 48.5 Å². The van der Waals surface area contributed by atoms with Crippen LogP contribution in [0.1, 0.15) is 29.2 Å². The largest absolute Gasteiger partial charge is 0.492 e. The standard InChI is InChI=1S/C22H25FN2O4/c23-18-2-1-3-19(15-18)29-13-11-25(10-12-26)21-8-6-17-14-16(4-7-20(17)21)5-9-22(27)24-28/h1-5,7,9,14-15,21,26,28H,6,8,10-13H2,(H,24,27)/b9-5+. The molecule has 0 spiro atoms. The number of halogens is 1. The van der Waals surface area contributed by atoms with Crippen LogP contribution in [0.25, 0.3) is 6.08 Å². The summed E-state index contributed by atoms with van der Waals surface area (Å²) in [7, 11) is 0. The van der Waals surface area contributed by atoms with Gasteiger partial charge < -0.3 is 9.84 Å². The summed E-state index contributed by atoms with van der Waals surface area (Å²) in [5.41, 5.74) is 4.86. The van der Waals surface area contributed by atoms with E-state index < -0.39 is 5.91 Å². The highest BCUT2D eigenvalue weighted by molar-refractivity contribution is 5.90. The van der Waals surface area contributed by atoms with Crippen LogP contribution < -0.4 is 10.2 Å². The lowest BCUT2D eigenvalue weighted by Crippen LogP contribution is -2.34. The quantitative estimate of drug-likeness (QED) is 0.343. The molecular weight excluding hydrogens is 375 g/mol. The van der Waals surface area contributed by atoms with Crippen LogP contribution in [-0.2, 0) is 11.2 Å². The zero-order chi connectivity index (χ0) is 20.6. The molecule has 0 radical (unpaired) electrons. The van der Waals surface area contributed by atoms with Gasteiger partial charge in [0.05, 0.1) is 6.61 Å². The van der Waals surface area contributed by atoms with Crippen LogP contribution in [0.5, 0.6) is 5.75 Å². The van der Waals surface area contributed by atoms with Gasteiger partial charge in [0.15, 0.2) is 0 Å². The van der Waals surface area contributed by atoms with Crippen LogP contribution in [-0.4, -0.2) is 47.4 Å². The zero-order valence-electron chi connectivity index (χ0n) is 16.1. The maximum Gasteiger partial charge on any atom is 0.267 e. The third-order valence-electron chi connectivity index (χ3n) is 5.02. The van der Waals surface area contributed by atoms with Gasteiger partial charge in [0, 0.05) is 31.3 Å². The average molecular weight is 400 g/mol. The third-order valence-corrected chi connectivity index (χ3v) is 5.02. The Labute approximate surface area is 169 Å². The number of nitrogens with one attached hydrogen (secondary N) is 1. The van der Waals surface area contributed by atoms with E-state index in [1.54, 1.807) is 23.7 Å². The Balaban J connectivity index is 1.65. The van der Waals surface area contributed by atoms with E-state index in [-0.39, 0.29) is 18.5 Å². The molecule has 0 saturated carbocycles. The maximum atomic E-state index is 13.3. The summed E-state index contributed by atoms with van der Waals surface area (Å²) in [6, 6.07) is 12.2. The number of amides is 1. The van der Waals surface area contributed by atoms with Gasteiger partial charge in [-0.3, -0.25) is 14.9 Å². The predicted octanol–water partition coefficient (Wildman–Crippen LogP) is 2.70. The number of benzene rings is 2. The number of rotatable bonds is 9. The van der Waals surface area contributed by atoms with Crippen molar-refractivity contribution in [2.75, 3.05) is 26.3 Å². The van der Waals surface area contributed by atoms with E-state index in [4.69, 9.17) is 9.94 Å². The van der Waals surface area contributed by atoms with Gasteiger partial charge in [0.1, 0.15) is 18.2 Å². The summed E-state index contributed by atoms with van der Waals surface area (Å²) in [4.78, 5) is 13.3. The van der Waals surface area contributed by atoms with E-state index in [2.05, 4.69) is 4.90 Å². The van der Waals surface area contributed by atoms with Crippen molar-refractivity contribution in [2.45, 2.75) is 18.9 Å². The molecule has 2 aromatic carbocycles. The van der Waals surface area contributed by atoms with E-state index in [1.165, 1.54) is 29.3 Å². The van der Waals surface area contributed by atoms with Crippen molar-refractivity contribution in [3.8, 4) is 5.75 Å². The van der Waals surface area contributed by atoms with Crippen LogP contribution in [0.2, 0.25) is 0 Å². The molecule has 2 aromatic rings. The Bertz CT molecular complexity index is 872. The van der Waals surface area contributed by atoms with Crippen molar-refractivity contribution in [3.63, 3.8) is 0 Å². The molecule has 1 atom stereocenters. The third kappa shape index (κ3) is 5.63. The number of nitrogens with zero attached hydrogens (tertiary/aromatic N) is 1. The Hall–Kier alpha value is -2.74. The van der Waals surface area contributed by atoms with Gasteiger partial charge in [-0.2, -0.15) is 0 Å². The molecule has 1 aliphatic carbocycles. The molecule has 1 aliphatic rings. The Morgan fingerprint density at radius 3 is 2.90 bits per heavy atom. The van der Waals surface area contributed by atoms with Gasteiger partial charge in [-0.15, -0.1) is 0 Å². The Morgan fingerprint density at radius 2 is 2.14 bits per heavy atom. The molecule has 0 saturated heterocycles. The number of fused-ring (bicyclic) bond motifs is 1. The zero-order valence-corrected chi connectivity index (χ0v) is 16.1. The predicted molar refractivity (Wildman–Crippen MR) is 107 cm³/mol. The van der Waals surface area contributed by atoms with Gasteiger partial charge in [-0.25, -0.2) is 9.87 Å². The second-order valence-electron chi connectivity index (χ2n) is 6.89. The van der Waals surface area contributed by atoms with Crippen molar-refractivity contribution >= 4 is 12.0 Å². The molecule has 6 nitrogen and oxygen atoms in total. The number of hydrogen-bond donors (Lipinski definition) is 3. The van der Waals surface area contributed by atoms with Gasteiger partial charge in [-0.1, -0.05) is 24.3 Å². The molecule has 1 unspecified atom stereocenters. The molecule has 29 heavy (non-hydrogen) atoms. The smallest absolute Gasteiger partial charge is 0.267 e.